The average molecular weight is 318 g/mol. The predicted octanol–water partition coefficient (Wildman–Crippen LogP) is 1.04. The largest absolute Gasteiger partial charge is 0.399 e. The summed E-state index contributed by atoms with van der Waals surface area (Å²) in [6, 6.07) is 5.42. The Bertz CT molecular complexity index is 574. The lowest BCUT2D eigenvalue weighted by molar-refractivity contribution is -0.121. The first kappa shape index (κ1) is 17.3. The van der Waals surface area contributed by atoms with Crippen molar-refractivity contribution in [2.75, 3.05) is 25.4 Å². The molecule has 1 atom stereocenters. The van der Waals surface area contributed by atoms with Crippen LogP contribution < -0.4 is 16.8 Å². The van der Waals surface area contributed by atoms with E-state index in [1.54, 1.807) is 12.1 Å². The van der Waals surface area contributed by atoms with Crippen LogP contribution in [0.2, 0.25) is 0 Å². The number of nitrogen functional groups attached to an aromatic ring is 1. The van der Waals surface area contributed by atoms with Crippen molar-refractivity contribution in [3.8, 4) is 0 Å². The highest BCUT2D eigenvalue weighted by Gasteiger charge is 2.28. The van der Waals surface area contributed by atoms with Crippen molar-refractivity contribution in [2.24, 2.45) is 5.73 Å². The molecule has 1 unspecified atom stereocenters. The Kier molecular flexibility index (Phi) is 5.98. The Morgan fingerprint density at radius 1 is 1.35 bits per heavy atom. The Hall–Kier alpha value is -2.08. The molecule has 0 spiro atoms. The molecule has 6 heteroatoms. The molecule has 1 aromatic carbocycles. The molecule has 126 valence electrons. The highest BCUT2D eigenvalue weighted by atomic mass is 16.2. The second kappa shape index (κ2) is 7.97. The maximum absolute atomic E-state index is 12.9. The van der Waals surface area contributed by atoms with Crippen LogP contribution in [0.1, 0.15) is 41.6 Å². The van der Waals surface area contributed by atoms with Crippen LogP contribution in [0.4, 0.5) is 5.69 Å². The van der Waals surface area contributed by atoms with Gasteiger partial charge in [0.1, 0.15) is 0 Å². The third-order valence-corrected chi connectivity index (χ3v) is 4.29. The molecule has 0 aliphatic carbocycles. The molecule has 5 N–H and O–H groups in total. The number of aryl methyl sites for hydroxylation is 1. The molecule has 0 saturated carbocycles. The molecule has 1 aromatic rings. The van der Waals surface area contributed by atoms with Crippen molar-refractivity contribution >= 4 is 17.5 Å². The number of nitrogens with one attached hydrogen (secondary N) is 1. The van der Waals surface area contributed by atoms with Crippen LogP contribution in [-0.4, -0.2) is 42.4 Å². The van der Waals surface area contributed by atoms with Gasteiger partial charge in [-0.2, -0.15) is 0 Å². The van der Waals surface area contributed by atoms with E-state index in [9.17, 15) is 9.59 Å². The minimum atomic E-state index is -0.0643. The lowest BCUT2D eigenvalue weighted by atomic mass is 9.99. The maximum Gasteiger partial charge on any atom is 0.254 e. The molecule has 2 rings (SSSR count). The number of anilines is 1. The number of carbonyl (C=O) groups excluding carboxylic acids is 2. The molecule has 1 aliphatic heterocycles. The molecule has 1 fully saturated rings. The average Bonchev–Trinajstić information content (AvgIpc) is 2.55. The number of hydrogen-bond donors (Lipinski definition) is 3. The van der Waals surface area contributed by atoms with Gasteiger partial charge in [0.25, 0.3) is 5.91 Å². The fourth-order valence-electron chi connectivity index (χ4n) is 2.96. The first-order valence-corrected chi connectivity index (χ1v) is 8.16. The minimum Gasteiger partial charge on any atom is -0.399 e. The zero-order valence-electron chi connectivity index (χ0n) is 13.7. The van der Waals surface area contributed by atoms with Crippen LogP contribution in [-0.2, 0) is 4.79 Å². The SMILES string of the molecule is Cc1ccc(N)cc1C(=O)N1CCCCC1CNC(=O)CCN. The Morgan fingerprint density at radius 3 is 2.87 bits per heavy atom. The molecule has 1 heterocycles. The van der Waals surface area contributed by atoms with Gasteiger partial charge in [-0.1, -0.05) is 6.07 Å². The maximum atomic E-state index is 12.9. The van der Waals surface area contributed by atoms with E-state index in [1.165, 1.54) is 0 Å². The van der Waals surface area contributed by atoms with Gasteiger partial charge in [0.2, 0.25) is 5.91 Å². The number of carbonyl (C=O) groups is 2. The van der Waals surface area contributed by atoms with Crippen molar-refractivity contribution in [3.05, 3.63) is 29.3 Å². The third kappa shape index (κ3) is 4.45. The summed E-state index contributed by atoms with van der Waals surface area (Å²) < 4.78 is 0. The van der Waals surface area contributed by atoms with Crippen molar-refractivity contribution in [1.82, 2.24) is 10.2 Å². The molecule has 2 amide bonds. The van der Waals surface area contributed by atoms with Crippen LogP contribution in [0, 0.1) is 6.92 Å². The topological polar surface area (TPSA) is 101 Å². The molecule has 23 heavy (non-hydrogen) atoms. The van der Waals surface area contributed by atoms with E-state index >= 15 is 0 Å². The normalized spacial score (nSPS) is 17.8. The fraction of sp³-hybridized carbons (Fsp3) is 0.529. The second-order valence-corrected chi connectivity index (χ2v) is 6.07. The Labute approximate surface area is 137 Å². The standard InChI is InChI=1S/C17H26N4O2/c1-12-5-6-13(19)10-15(12)17(23)21-9-3-2-4-14(21)11-20-16(22)7-8-18/h5-6,10,14H,2-4,7-9,11,18-19H2,1H3,(H,20,22). The van der Waals surface area contributed by atoms with Crippen LogP contribution in [0.5, 0.6) is 0 Å². The highest BCUT2D eigenvalue weighted by molar-refractivity contribution is 5.96. The van der Waals surface area contributed by atoms with Crippen molar-refractivity contribution in [2.45, 2.75) is 38.6 Å². The molecule has 0 bridgehead atoms. The molecule has 0 radical (unpaired) electrons. The summed E-state index contributed by atoms with van der Waals surface area (Å²) in [5, 5.41) is 2.88. The van der Waals surface area contributed by atoms with Gasteiger partial charge in [0.15, 0.2) is 0 Å². The van der Waals surface area contributed by atoms with Crippen molar-refractivity contribution < 1.29 is 9.59 Å². The van der Waals surface area contributed by atoms with E-state index in [4.69, 9.17) is 11.5 Å². The number of nitrogens with two attached hydrogens (primary N) is 2. The number of rotatable bonds is 5. The van der Waals surface area contributed by atoms with Crippen molar-refractivity contribution in [1.29, 1.82) is 0 Å². The van der Waals surface area contributed by atoms with Crippen LogP contribution in [0.15, 0.2) is 18.2 Å². The summed E-state index contributed by atoms with van der Waals surface area (Å²) in [4.78, 5) is 26.4. The number of piperidine rings is 1. The van der Waals surface area contributed by atoms with Crippen molar-refractivity contribution in [3.63, 3.8) is 0 Å². The summed E-state index contributed by atoms with van der Waals surface area (Å²) in [6.07, 6.45) is 3.27. The van der Waals surface area contributed by atoms with E-state index < -0.39 is 0 Å². The Morgan fingerprint density at radius 2 is 2.13 bits per heavy atom. The summed E-state index contributed by atoms with van der Waals surface area (Å²) in [7, 11) is 0. The number of nitrogens with zero attached hydrogens (tertiary/aromatic N) is 1. The van der Waals surface area contributed by atoms with E-state index in [2.05, 4.69) is 5.32 Å². The van der Waals surface area contributed by atoms with E-state index in [0.717, 1.165) is 24.8 Å². The van der Waals surface area contributed by atoms with Crippen LogP contribution >= 0.6 is 0 Å². The molecular formula is C17H26N4O2. The molecule has 1 saturated heterocycles. The number of benzene rings is 1. The third-order valence-electron chi connectivity index (χ3n) is 4.29. The van der Waals surface area contributed by atoms with E-state index in [-0.39, 0.29) is 17.9 Å². The van der Waals surface area contributed by atoms with Gasteiger partial charge in [-0.15, -0.1) is 0 Å². The Balaban J connectivity index is 2.09. The first-order chi connectivity index (χ1) is 11.0. The van der Waals surface area contributed by atoms with Gasteiger partial charge in [-0.25, -0.2) is 0 Å². The summed E-state index contributed by atoms with van der Waals surface area (Å²) in [5.41, 5.74) is 13.4. The lowest BCUT2D eigenvalue weighted by Gasteiger charge is -2.36. The van der Waals surface area contributed by atoms with E-state index in [1.807, 2.05) is 17.9 Å². The lowest BCUT2D eigenvalue weighted by Crippen LogP contribution is -2.49. The summed E-state index contributed by atoms with van der Waals surface area (Å²) >= 11 is 0. The molecule has 0 aromatic heterocycles. The van der Waals surface area contributed by atoms with Crippen LogP contribution in [0.25, 0.3) is 0 Å². The number of hydrogen-bond acceptors (Lipinski definition) is 4. The summed E-state index contributed by atoms with van der Waals surface area (Å²) in [5.74, 6) is -0.0711. The van der Waals surface area contributed by atoms with Gasteiger partial charge in [-0.3, -0.25) is 9.59 Å². The van der Waals surface area contributed by atoms with Crippen LogP contribution in [0.3, 0.4) is 0 Å². The minimum absolute atomic E-state index is 0.00688. The fourth-order valence-corrected chi connectivity index (χ4v) is 2.96. The van der Waals surface area contributed by atoms with Gasteiger partial charge in [0.05, 0.1) is 0 Å². The monoisotopic (exact) mass is 318 g/mol. The zero-order valence-corrected chi connectivity index (χ0v) is 13.7. The van der Waals surface area contributed by atoms with E-state index in [0.29, 0.717) is 37.3 Å². The number of likely N-dealkylation sites (tertiary alicyclic amines) is 1. The first-order valence-electron chi connectivity index (χ1n) is 8.16. The molecular weight excluding hydrogens is 292 g/mol. The quantitative estimate of drug-likeness (QED) is 0.706. The van der Waals surface area contributed by atoms with Gasteiger partial charge >= 0.3 is 0 Å². The zero-order chi connectivity index (χ0) is 16.8. The second-order valence-electron chi connectivity index (χ2n) is 6.07. The van der Waals surface area contributed by atoms with Gasteiger partial charge in [0, 0.05) is 43.3 Å². The summed E-state index contributed by atoms with van der Waals surface area (Å²) in [6.45, 7) is 3.44. The molecule has 6 nitrogen and oxygen atoms in total. The van der Waals surface area contributed by atoms with Gasteiger partial charge in [-0.05, 0) is 43.9 Å². The molecule has 1 aliphatic rings. The smallest absolute Gasteiger partial charge is 0.254 e. The van der Waals surface area contributed by atoms with Gasteiger partial charge < -0.3 is 21.7 Å². The highest BCUT2D eigenvalue weighted by Crippen LogP contribution is 2.22. The number of amides is 2. The predicted molar refractivity (Wildman–Crippen MR) is 90.9 cm³/mol.